The minimum absolute atomic E-state index is 0.0962. The summed E-state index contributed by atoms with van der Waals surface area (Å²) in [5.74, 6) is 1.72. The molecule has 0 fully saturated rings. The molecule has 0 aliphatic heterocycles. The molecular formula is C18H17ClN4OS. The molecule has 0 N–H and O–H groups in total. The fourth-order valence-corrected chi connectivity index (χ4v) is 3.99. The lowest BCUT2D eigenvalue weighted by molar-refractivity contribution is 0.0962. The summed E-state index contributed by atoms with van der Waals surface area (Å²) in [7, 11) is 0. The molecule has 0 amide bonds. The Morgan fingerprint density at radius 3 is 3.00 bits per heavy atom. The quantitative estimate of drug-likeness (QED) is 0.642. The third kappa shape index (κ3) is 3.28. The summed E-state index contributed by atoms with van der Waals surface area (Å²) in [5, 5.41) is 5.81. The average Bonchev–Trinajstić information content (AvgIpc) is 3.00. The van der Waals surface area contributed by atoms with Crippen LogP contribution in [0.15, 0.2) is 35.6 Å². The Morgan fingerprint density at radius 2 is 2.20 bits per heavy atom. The second-order valence-electron chi connectivity index (χ2n) is 6.17. The summed E-state index contributed by atoms with van der Waals surface area (Å²) in [6.45, 7) is 2.12. The molecule has 5 nitrogen and oxygen atoms in total. The van der Waals surface area contributed by atoms with E-state index in [9.17, 15) is 4.79 Å². The normalized spacial score (nSPS) is 17.0. The fourth-order valence-electron chi connectivity index (χ4n) is 3.12. The second-order valence-corrected chi connectivity index (χ2v) is 7.67. The predicted molar refractivity (Wildman–Crippen MR) is 98.6 cm³/mol. The molecule has 2 aromatic heterocycles. The van der Waals surface area contributed by atoms with Crippen molar-refractivity contribution in [2.75, 3.05) is 5.75 Å². The molecule has 0 unspecified atom stereocenters. The van der Waals surface area contributed by atoms with E-state index in [0.717, 1.165) is 23.4 Å². The number of rotatable bonds is 4. The van der Waals surface area contributed by atoms with Gasteiger partial charge in [-0.15, -0.1) is 5.10 Å². The highest BCUT2D eigenvalue weighted by Crippen LogP contribution is 2.33. The van der Waals surface area contributed by atoms with Crippen molar-refractivity contribution in [1.82, 2.24) is 19.6 Å². The summed E-state index contributed by atoms with van der Waals surface area (Å²) in [5.41, 5.74) is 2.53. The van der Waals surface area contributed by atoms with Gasteiger partial charge in [0.15, 0.2) is 5.78 Å². The molecule has 2 heterocycles. The van der Waals surface area contributed by atoms with Crippen molar-refractivity contribution >= 4 is 34.9 Å². The molecular weight excluding hydrogens is 356 g/mol. The van der Waals surface area contributed by atoms with Crippen molar-refractivity contribution in [1.29, 1.82) is 0 Å². The number of halogens is 1. The van der Waals surface area contributed by atoms with Crippen molar-refractivity contribution in [3.8, 4) is 0 Å². The molecule has 7 heteroatoms. The summed E-state index contributed by atoms with van der Waals surface area (Å²) in [4.78, 5) is 21.7. The molecule has 0 saturated carbocycles. The van der Waals surface area contributed by atoms with Crippen LogP contribution in [0.1, 0.15) is 47.3 Å². The fraction of sp³-hybridized carbons (Fsp3) is 0.333. The van der Waals surface area contributed by atoms with E-state index >= 15 is 0 Å². The third-order valence-electron chi connectivity index (χ3n) is 4.32. The van der Waals surface area contributed by atoms with E-state index in [-0.39, 0.29) is 11.7 Å². The monoisotopic (exact) mass is 372 g/mol. The van der Waals surface area contributed by atoms with Gasteiger partial charge in [-0.05, 0) is 36.5 Å². The Morgan fingerprint density at radius 1 is 1.32 bits per heavy atom. The van der Waals surface area contributed by atoms with Gasteiger partial charge in [-0.3, -0.25) is 4.79 Å². The lowest BCUT2D eigenvalue weighted by Crippen LogP contribution is -2.21. The van der Waals surface area contributed by atoms with Crippen molar-refractivity contribution < 1.29 is 4.79 Å². The number of carbonyl (C=O) groups excluding carboxylic acids is 1. The molecule has 1 atom stereocenters. The summed E-state index contributed by atoms with van der Waals surface area (Å²) < 4.78 is 1.62. The van der Waals surface area contributed by atoms with Crippen LogP contribution < -0.4 is 0 Å². The standard InChI is InChI=1S/C18H17ClN4OS/c1-2-6-25-18-21-17-20-15-8-12(11-4-3-5-13(19)7-11)9-16(24)14(15)10-23(17)22-18/h3-5,7,10,12H,2,6,8-9H2,1H3/t12-/m1/s1. The zero-order valence-corrected chi connectivity index (χ0v) is 15.3. The van der Waals surface area contributed by atoms with Gasteiger partial charge in [0.2, 0.25) is 5.16 Å². The highest BCUT2D eigenvalue weighted by atomic mass is 35.5. The Balaban J connectivity index is 1.69. The highest BCUT2D eigenvalue weighted by molar-refractivity contribution is 7.99. The molecule has 0 radical (unpaired) electrons. The highest BCUT2D eigenvalue weighted by Gasteiger charge is 2.28. The van der Waals surface area contributed by atoms with Crippen LogP contribution in [0.2, 0.25) is 5.02 Å². The lowest BCUT2D eigenvalue weighted by Gasteiger charge is -2.23. The summed E-state index contributed by atoms with van der Waals surface area (Å²) >= 11 is 7.70. The smallest absolute Gasteiger partial charge is 0.253 e. The first-order valence-electron chi connectivity index (χ1n) is 8.32. The number of hydrogen-bond donors (Lipinski definition) is 0. The molecule has 1 aliphatic rings. The van der Waals surface area contributed by atoms with E-state index in [0.29, 0.717) is 34.4 Å². The topological polar surface area (TPSA) is 60.1 Å². The zero-order valence-electron chi connectivity index (χ0n) is 13.8. The van der Waals surface area contributed by atoms with E-state index in [1.54, 1.807) is 22.5 Å². The van der Waals surface area contributed by atoms with E-state index in [1.807, 2.05) is 24.3 Å². The maximum atomic E-state index is 12.6. The minimum Gasteiger partial charge on any atom is -0.294 e. The molecule has 1 aliphatic carbocycles. The first-order valence-corrected chi connectivity index (χ1v) is 9.68. The van der Waals surface area contributed by atoms with Crippen LogP contribution in [-0.4, -0.2) is 31.1 Å². The molecule has 1 aromatic carbocycles. The van der Waals surface area contributed by atoms with Gasteiger partial charge < -0.3 is 0 Å². The number of fused-ring (bicyclic) bond motifs is 2. The molecule has 3 aromatic rings. The Hall–Kier alpha value is -1.92. The third-order valence-corrected chi connectivity index (χ3v) is 5.60. The average molecular weight is 373 g/mol. The number of aromatic nitrogens is 4. The van der Waals surface area contributed by atoms with Crippen LogP contribution >= 0.6 is 23.4 Å². The van der Waals surface area contributed by atoms with Crippen LogP contribution in [0.4, 0.5) is 0 Å². The van der Waals surface area contributed by atoms with Crippen LogP contribution in [0.3, 0.4) is 0 Å². The van der Waals surface area contributed by atoms with Gasteiger partial charge in [-0.25, -0.2) is 9.50 Å². The molecule has 0 saturated heterocycles. The van der Waals surface area contributed by atoms with E-state index < -0.39 is 0 Å². The number of nitrogens with zero attached hydrogens (tertiary/aromatic N) is 4. The number of ketones is 1. The van der Waals surface area contributed by atoms with Crippen LogP contribution in [0, 0.1) is 0 Å². The Labute approximate surface area is 154 Å². The lowest BCUT2D eigenvalue weighted by atomic mass is 9.82. The molecule has 128 valence electrons. The first kappa shape index (κ1) is 16.5. The van der Waals surface area contributed by atoms with Crippen molar-refractivity contribution in [3.63, 3.8) is 0 Å². The van der Waals surface area contributed by atoms with Gasteiger partial charge in [0.1, 0.15) is 0 Å². The second kappa shape index (κ2) is 6.77. The SMILES string of the molecule is CCCSc1nc2nc3c(cn2n1)C(=O)C[C@H](c1cccc(Cl)c1)C3. The van der Waals surface area contributed by atoms with Crippen molar-refractivity contribution in [3.05, 3.63) is 52.3 Å². The maximum absolute atomic E-state index is 12.6. The summed E-state index contributed by atoms with van der Waals surface area (Å²) in [6.07, 6.45) is 4.01. The van der Waals surface area contributed by atoms with E-state index in [2.05, 4.69) is 22.0 Å². The summed E-state index contributed by atoms with van der Waals surface area (Å²) in [6, 6.07) is 7.71. The molecule has 4 rings (SSSR count). The van der Waals surface area contributed by atoms with Gasteiger partial charge >= 0.3 is 0 Å². The Bertz CT molecular complexity index is 955. The van der Waals surface area contributed by atoms with E-state index in [4.69, 9.17) is 11.6 Å². The van der Waals surface area contributed by atoms with Crippen molar-refractivity contribution in [2.45, 2.75) is 37.3 Å². The number of carbonyl (C=O) groups is 1. The predicted octanol–water partition coefficient (Wildman–Crippen LogP) is 4.19. The number of hydrogen-bond acceptors (Lipinski definition) is 5. The molecule has 25 heavy (non-hydrogen) atoms. The first-order chi connectivity index (χ1) is 12.1. The number of thioether (sulfide) groups is 1. The van der Waals surface area contributed by atoms with Crippen molar-refractivity contribution in [2.24, 2.45) is 0 Å². The Kier molecular flexibility index (Phi) is 4.48. The van der Waals surface area contributed by atoms with E-state index in [1.165, 1.54) is 0 Å². The van der Waals surface area contributed by atoms with Gasteiger partial charge in [-0.1, -0.05) is 42.4 Å². The minimum atomic E-state index is 0.0962. The zero-order chi connectivity index (χ0) is 17.4. The number of benzene rings is 1. The largest absolute Gasteiger partial charge is 0.294 e. The molecule has 0 spiro atoms. The van der Waals surface area contributed by atoms with Gasteiger partial charge in [0.25, 0.3) is 5.78 Å². The van der Waals surface area contributed by atoms with Crippen LogP contribution in [0.25, 0.3) is 5.78 Å². The van der Waals surface area contributed by atoms with Crippen LogP contribution in [-0.2, 0) is 6.42 Å². The number of Topliss-reactive ketones (excluding diaryl/α,β-unsaturated/α-hetero) is 1. The molecule has 0 bridgehead atoms. The van der Waals surface area contributed by atoms with Crippen LogP contribution in [0.5, 0.6) is 0 Å². The van der Waals surface area contributed by atoms with Gasteiger partial charge in [0, 0.05) is 23.4 Å². The maximum Gasteiger partial charge on any atom is 0.253 e. The van der Waals surface area contributed by atoms with Gasteiger partial charge in [-0.2, -0.15) is 4.98 Å². The van der Waals surface area contributed by atoms with Gasteiger partial charge in [0.05, 0.1) is 11.3 Å².